The summed E-state index contributed by atoms with van der Waals surface area (Å²) in [4.78, 5) is 2.79. The summed E-state index contributed by atoms with van der Waals surface area (Å²) in [5.74, 6) is -0.204. The zero-order valence-corrected chi connectivity index (χ0v) is 8.15. The van der Waals surface area contributed by atoms with Crippen LogP contribution in [0.25, 0.3) is 10.8 Å². The summed E-state index contributed by atoms with van der Waals surface area (Å²) in [6.45, 7) is 0. The molecule has 0 unspecified atom stereocenters. The fraction of sp³-hybridized carbons (Fsp3) is 0.111. The van der Waals surface area contributed by atoms with Gasteiger partial charge in [-0.2, -0.15) is 0 Å². The molecule has 0 aliphatic rings. The van der Waals surface area contributed by atoms with E-state index in [0.717, 1.165) is 5.39 Å². The Balaban J connectivity index is 0.00000112. The smallest absolute Gasteiger partial charge is 0.406 e. The Kier molecular flexibility index (Phi) is 3.14. The maximum Gasteiger partial charge on any atom is 0.573 e. The topological polar surface area (TPSA) is 25.0 Å². The Labute approximate surface area is 89.5 Å². The van der Waals surface area contributed by atoms with Gasteiger partial charge in [0, 0.05) is 17.8 Å². The summed E-state index contributed by atoms with van der Waals surface area (Å²) < 4.78 is 39.3. The van der Waals surface area contributed by atoms with Gasteiger partial charge in [-0.15, -0.1) is 25.6 Å². The van der Waals surface area contributed by atoms with Crippen LogP contribution in [0.1, 0.15) is 0 Å². The minimum Gasteiger partial charge on any atom is -0.406 e. The number of H-pyrrole nitrogens is 1. The van der Waals surface area contributed by atoms with E-state index in [1.807, 2.05) is 0 Å². The monoisotopic (exact) mass is 237 g/mol. The van der Waals surface area contributed by atoms with Gasteiger partial charge in [0.25, 0.3) is 0 Å². The van der Waals surface area contributed by atoms with E-state index in [9.17, 15) is 13.2 Å². The van der Waals surface area contributed by atoms with E-state index in [4.69, 9.17) is 0 Å². The third-order valence-corrected chi connectivity index (χ3v) is 1.77. The van der Waals surface area contributed by atoms with Gasteiger partial charge >= 0.3 is 6.36 Å². The number of aromatic nitrogens is 1. The number of rotatable bonds is 1. The van der Waals surface area contributed by atoms with Crippen LogP contribution >= 0.6 is 12.4 Å². The molecule has 0 saturated carbocycles. The van der Waals surface area contributed by atoms with Crippen LogP contribution in [0.5, 0.6) is 5.75 Å². The van der Waals surface area contributed by atoms with E-state index in [2.05, 4.69) is 9.72 Å². The molecule has 0 fully saturated rings. The summed E-state index contributed by atoms with van der Waals surface area (Å²) in [7, 11) is 0. The van der Waals surface area contributed by atoms with Crippen LogP contribution in [0, 0.1) is 0 Å². The highest BCUT2D eigenvalue weighted by molar-refractivity contribution is 5.85. The Hall–Kier alpha value is -1.36. The molecule has 82 valence electrons. The molecule has 1 aromatic carbocycles. The first kappa shape index (κ1) is 11.7. The summed E-state index contributed by atoms with van der Waals surface area (Å²) in [6.07, 6.45) is -1.32. The fourth-order valence-electron chi connectivity index (χ4n) is 1.23. The van der Waals surface area contributed by atoms with Gasteiger partial charge in [0.2, 0.25) is 0 Å². The van der Waals surface area contributed by atoms with E-state index >= 15 is 0 Å². The molecule has 2 rings (SSSR count). The predicted molar refractivity (Wildman–Crippen MR) is 52.2 cm³/mol. The lowest BCUT2D eigenvalue weighted by atomic mass is 10.2. The van der Waals surface area contributed by atoms with Gasteiger partial charge in [-0.25, -0.2) is 0 Å². The Morgan fingerprint density at radius 2 is 1.73 bits per heavy atom. The second kappa shape index (κ2) is 4.02. The average Bonchev–Trinajstić information content (AvgIpc) is 2.47. The lowest BCUT2D eigenvalue weighted by Crippen LogP contribution is -2.16. The molecule has 1 heterocycles. The minimum atomic E-state index is -4.63. The van der Waals surface area contributed by atoms with Gasteiger partial charge in [-0.3, -0.25) is 0 Å². The number of alkyl halides is 3. The van der Waals surface area contributed by atoms with Crippen molar-refractivity contribution in [2.24, 2.45) is 0 Å². The van der Waals surface area contributed by atoms with Crippen LogP contribution < -0.4 is 4.74 Å². The normalized spacial score (nSPS) is 11.1. The molecule has 1 N–H and O–H groups in total. The number of fused-ring (bicyclic) bond motifs is 1. The first-order chi connectivity index (χ1) is 6.54. The van der Waals surface area contributed by atoms with Gasteiger partial charge < -0.3 is 9.72 Å². The van der Waals surface area contributed by atoms with Crippen LogP contribution in [0.3, 0.4) is 0 Å². The molecular weight excluding hydrogens is 231 g/mol. The Morgan fingerprint density at radius 3 is 2.40 bits per heavy atom. The molecule has 15 heavy (non-hydrogen) atoms. The molecule has 0 bridgehead atoms. The number of aromatic amines is 1. The molecule has 0 atom stereocenters. The van der Waals surface area contributed by atoms with Crippen molar-refractivity contribution in [2.75, 3.05) is 0 Å². The van der Waals surface area contributed by atoms with Crippen molar-refractivity contribution in [3.05, 3.63) is 30.6 Å². The standard InChI is InChI=1S/C9H6F3NO.ClH/c10-9(11,12)14-8-2-1-6-4-13-5-7(6)3-8;/h1-5,13H;1H. The molecule has 2 nitrogen and oxygen atoms in total. The van der Waals surface area contributed by atoms with E-state index in [0.29, 0.717) is 5.39 Å². The number of halogens is 4. The average molecular weight is 238 g/mol. The van der Waals surface area contributed by atoms with Crippen LogP contribution in [0.15, 0.2) is 30.6 Å². The summed E-state index contributed by atoms with van der Waals surface area (Å²) >= 11 is 0. The van der Waals surface area contributed by atoms with Crippen LogP contribution in [0.4, 0.5) is 13.2 Å². The molecule has 2 aromatic rings. The quantitative estimate of drug-likeness (QED) is 0.807. The highest BCUT2D eigenvalue weighted by Gasteiger charge is 2.31. The second-order valence-electron chi connectivity index (χ2n) is 2.79. The first-order valence-corrected chi connectivity index (χ1v) is 3.87. The van der Waals surface area contributed by atoms with Gasteiger partial charge in [0.1, 0.15) is 5.75 Å². The molecule has 0 amide bonds. The third-order valence-electron chi connectivity index (χ3n) is 1.77. The van der Waals surface area contributed by atoms with Crippen molar-refractivity contribution in [3.8, 4) is 5.75 Å². The van der Waals surface area contributed by atoms with Gasteiger partial charge in [-0.05, 0) is 23.6 Å². The van der Waals surface area contributed by atoms with Crippen LogP contribution in [-0.2, 0) is 0 Å². The molecular formula is C9H7ClF3NO. The fourth-order valence-corrected chi connectivity index (χ4v) is 1.23. The number of hydrogen-bond acceptors (Lipinski definition) is 1. The third kappa shape index (κ3) is 2.79. The zero-order valence-electron chi connectivity index (χ0n) is 7.34. The van der Waals surface area contributed by atoms with Gasteiger partial charge in [0.05, 0.1) is 0 Å². The Morgan fingerprint density at radius 1 is 1.07 bits per heavy atom. The number of benzene rings is 1. The molecule has 1 aromatic heterocycles. The second-order valence-corrected chi connectivity index (χ2v) is 2.79. The highest BCUT2D eigenvalue weighted by Crippen LogP contribution is 2.26. The Bertz CT molecular complexity index is 452. The maximum absolute atomic E-state index is 11.8. The first-order valence-electron chi connectivity index (χ1n) is 3.87. The zero-order chi connectivity index (χ0) is 10.2. The SMILES string of the molecule is Cl.FC(F)(F)Oc1ccc2c[nH]cc2c1. The lowest BCUT2D eigenvalue weighted by Gasteiger charge is -2.08. The van der Waals surface area contributed by atoms with Crippen molar-refractivity contribution in [1.82, 2.24) is 4.98 Å². The van der Waals surface area contributed by atoms with Crippen molar-refractivity contribution < 1.29 is 17.9 Å². The summed E-state index contributed by atoms with van der Waals surface area (Å²) in [5, 5.41) is 1.53. The van der Waals surface area contributed by atoms with Gasteiger partial charge in [-0.1, -0.05) is 0 Å². The number of nitrogens with one attached hydrogen (secondary N) is 1. The molecule has 0 saturated heterocycles. The molecule has 0 spiro atoms. The van der Waals surface area contributed by atoms with Crippen molar-refractivity contribution >= 4 is 23.2 Å². The van der Waals surface area contributed by atoms with E-state index in [1.165, 1.54) is 12.1 Å². The lowest BCUT2D eigenvalue weighted by molar-refractivity contribution is -0.274. The predicted octanol–water partition coefficient (Wildman–Crippen LogP) is 3.49. The minimum absolute atomic E-state index is 0. The molecule has 0 radical (unpaired) electrons. The number of ether oxygens (including phenoxy) is 1. The van der Waals surface area contributed by atoms with Crippen molar-refractivity contribution in [3.63, 3.8) is 0 Å². The van der Waals surface area contributed by atoms with Crippen molar-refractivity contribution in [2.45, 2.75) is 6.36 Å². The van der Waals surface area contributed by atoms with E-state index < -0.39 is 6.36 Å². The summed E-state index contributed by atoms with van der Waals surface area (Å²) in [6, 6.07) is 4.18. The van der Waals surface area contributed by atoms with E-state index in [-0.39, 0.29) is 18.2 Å². The highest BCUT2D eigenvalue weighted by atomic mass is 35.5. The maximum atomic E-state index is 11.8. The largest absolute Gasteiger partial charge is 0.573 e. The van der Waals surface area contributed by atoms with Crippen LogP contribution in [-0.4, -0.2) is 11.3 Å². The van der Waals surface area contributed by atoms with Crippen LogP contribution in [0.2, 0.25) is 0 Å². The molecule has 0 aliphatic carbocycles. The van der Waals surface area contributed by atoms with Gasteiger partial charge in [0.15, 0.2) is 0 Å². The summed E-state index contributed by atoms with van der Waals surface area (Å²) in [5.41, 5.74) is 0. The van der Waals surface area contributed by atoms with E-state index in [1.54, 1.807) is 18.5 Å². The number of hydrogen-bond donors (Lipinski definition) is 1. The molecule has 0 aliphatic heterocycles. The van der Waals surface area contributed by atoms with Crippen molar-refractivity contribution in [1.29, 1.82) is 0 Å². The molecule has 6 heteroatoms.